The highest BCUT2D eigenvalue weighted by atomic mass is 16.5. The molecule has 5 heteroatoms. The Kier molecular flexibility index (Phi) is 4.93. The molecule has 2 aromatic heterocycles. The highest BCUT2D eigenvalue weighted by Gasteiger charge is 2.15. The first-order valence-corrected chi connectivity index (χ1v) is 8.64. The lowest BCUT2D eigenvalue weighted by molar-refractivity contribution is 0.281. The number of aromatic nitrogens is 2. The number of hydrogen-bond donors (Lipinski definition) is 1. The summed E-state index contributed by atoms with van der Waals surface area (Å²) in [5.41, 5.74) is 1.21. The summed E-state index contributed by atoms with van der Waals surface area (Å²) in [6, 6.07) is 5.74. The van der Waals surface area contributed by atoms with E-state index in [0.29, 0.717) is 40.6 Å². The van der Waals surface area contributed by atoms with Gasteiger partial charge in [-0.25, -0.2) is 0 Å². The molecule has 0 unspecified atom stereocenters. The van der Waals surface area contributed by atoms with Gasteiger partial charge in [-0.3, -0.25) is 9.78 Å². The first kappa shape index (κ1) is 17.3. The Morgan fingerprint density at radius 2 is 2.00 bits per heavy atom. The molecule has 0 saturated heterocycles. The van der Waals surface area contributed by atoms with Crippen LogP contribution < -0.4 is 15.0 Å². The Morgan fingerprint density at radius 3 is 2.72 bits per heavy atom. The minimum atomic E-state index is -0.164. The number of ether oxygens (including phenoxy) is 2. The summed E-state index contributed by atoms with van der Waals surface area (Å²) in [6.07, 6.45) is 3.82. The average Bonchev–Trinajstić information content (AvgIpc) is 2.58. The van der Waals surface area contributed by atoms with E-state index in [4.69, 9.17) is 9.47 Å². The zero-order valence-corrected chi connectivity index (χ0v) is 15.2. The van der Waals surface area contributed by atoms with Gasteiger partial charge in [0.25, 0.3) is 5.56 Å². The van der Waals surface area contributed by atoms with E-state index in [1.807, 2.05) is 25.1 Å². The fourth-order valence-electron chi connectivity index (χ4n) is 3.16. The minimum Gasteiger partial charge on any atom is -0.491 e. The Balaban J connectivity index is 2.08. The molecule has 0 aliphatic rings. The van der Waals surface area contributed by atoms with Crippen LogP contribution in [0.1, 0.15) is 32.4 Å². The molecule has 0 atom stereocenters. The van der Waals surface area contributed by atoms with Gasteiger partial charge in [0.2, 0.25) is 0 Å². The van der Waals surface area contributed by atoms with Crippen molar-refractivity contribution in [2.24, 2.45) is 5.92 Å². The third-order valence-electron chi connectivity index (χ3n) is 4.41. The van der Waals surface area contributed by atoms with Crippen molar-refractivity contribution in [2.75, 3.05) is 13.7 Å². The number of methoxy groups -OCH3 is 1. The van der Waals surface area contributed by atoms with Crippen molar-refractivity contribution in [3.63, 3.8) is 0 Å². The first-order chi connectivity index (χ1) is 12.0. The molecular formula is C20H24N2O3. The molecule has 0 aliphatic heterocycles. The number of benzene rings is 1. The Hall–Kier alpha value is -2.56. The van der Waals surface area contributed by atoms with Gasteiger partial charge < -0.3 is 14.5 Å². The van der Waals surface area contributed by atoms with Gasteiger partial charge in [0.15, 0.2) is 11.5 Å². The van der Waals surface area contributed by atoms with Crippen molar-refractivity contribution in [3.05, 3.63) is 40.4 Å². The fraction of sp³-hybridized carbons (Fsp3) is 0.400. The number of aryl methyl sites for hydroxylation is 1. The van der Waals surface area contributed by atoms with Gasteiger partial charge in [-0.15, -0.1) is 0 Å². The number of nitrogens with one attached hydrogen (secondary N) is 1. The number of aromatic amines is 1. The topological polar surface area (TPSA) is 64.2 Å². The quantitative estimate of drug-likeness (QED) is 0.539. The van der Waals surface area contributed by atoms with E-state index >= 15 is 0 Å². The summed E-state index contributed by atoms with van der Waals surface area (Å²) >= 11 is 0. The van der Waals surface area contributed by atoms with Crippen molar-refractivity contribution < 1.29 is 9.47 Å². The average molecular weight is 340 g/mol. The van der Waals surface area contributed by atoms with Crippen molar-refractivity contribution in [2.45, 2.75) is 33.6 Å². The summed E-state index contributed by atoms with van der Waals surface area (Å²) in [5, 5.41) is 2.41. The lowest BCUT2D eigenvalue weighted by Crippen LogP contribution is -2.10. The van der Waals surface area contributed by atoms with Crippen molar-refractivity contribution in [1.29, 1.82) is 0 Å². The largest absolute Gasteiger partial charge is 0.491 e. The van der Waals surface area contributed by atoms with Crippen LogP contribution in [0.3, 0.4) is 0 Å². The second kappa shape index (κ2) is 7.13. The van der Waals surface area contributed by atoms with Crippen LogP contribution in [0.15, 0.2) is 29.2 Å². The molecule has 0 spiro atoms. The van der Waals surface area contributed by atoms with Crippen LogP contribution in [-0.2, 0) is 0 Å². The maximum absolute atomic E-state index is 12.5. The Labute approximate surface area is 147 Å². The summed E-state index contributed by atoms with van der Waals surface area (Å²) in [5.74, 6) is 1.87. The van der Waals surface area contributed by atoms with Gasteiger partial charge in [0, 0.05) is 11.6 Å². The molecule has 0 amide bonds. The van der Waals surface area contributed by atoms with Crippen LogP contribution in [0.2, 0.25) is 0 Å². The van der Waals surface area contributed by atoms with E-state index in [1.54, 1.807) is 13.3 Å². The predicted molar refractivity (Wildman–Crippen MR) is 101 cm³/mol. The highest BCUT2D eigenvalue weighted by molar-refractivity contribution is 6.08. The van der Waals surface area contributed by atoms with Crippen LogP contribution in [0, 0.1) is 12.8 Å². The number of nitrogens with zero attached hydrogens (tertiary/aromatic N) is 1. The number of pyridine rings is 2. The van der Waals surface area contributed by atoms with Crippen LogP contribution in [-0.4, -0.2) is 23.7 Å². The Morgan fingerprint density at radius 1 is 1.20 bits per heavy atom. The number of H-pyrrole nitrogens is 1. The molecule has 3 aromatic rings. The van der Waals surface area contributed by atoms with Gasteiger partial charge in [-0.05, 0) is 49.3 Å². The lowest BCUT2D eigenvalue weighted by atomic mass is 10.1. The molecule has 0 aliphatic carbocycles. The zero-order valence-electron chi connectivity index (χ0n) is 15.2. The van der Waals surface area contributed by atoms with E-state index in [-0.39, 0.29) is 5.56 Å². The highest BCUT2D eigenvalue weighted by Crippen LogP contribution is 2.36. The lowest BCUT2D eigenvalue weighted by Gasteiger charge is -2.14. The second-order valence-electron chi connectivity index (χ2n) is 6.68. The third-order valence-corrected chi connectivity index (χ3v) is 4.41. The van der Waals surface area contributed by atoms with Gasteiger partial charge in [0.05, 0.1) is 30.3 Å². The van der Waals surface area contributed by atoms with Gasteiger partial charge in [-0.2, -0.15) is 0 Å². The monoisotopic (exact) mass is 340 g/mol. The molecule has 0 fully saturated rings. The van der Waals surface area contributed by atoms with Gasteiger partial charge in [0.1, 0.15) is 0 Å². The van der Waals surface area contributed by atoms with Crippen LogP contribution in [0.5, 0.6) is 11.5 Å². The number of hydrogen-bond acceptors (Lipinski definition) is 4. The maximum Gasteiger partial charge on any atom is 0.258 e. The van der Waals surface area contributed by atoms with E-state index in [9.17, 15) is 4.79 Å². The van der Waals surface area contributed by atoms with Crippen LogP contribution in [0.25, 0.3) is 21.7 Å². The van der Waals surface area contributed by atoms with Crippen molar-refractivity contribution in [1.82, 2.24) is 9.97 Å². The predicted octanol–water partition coefficient (Wildman–Crippen LogP) is 4.21. The standard InChI is InChI=1S/C20H24N2O3/c1-12(2)6-5-11-25-16-8-7-15-14-9-10-21-13(3)17(14)20(23)22-18(15)19(16)24-4/h7-10,12H,5-6,11H2,1-4H3,(H,22,23). The summed E-state index contributed by atoms with van der Waals surface area (Å²) in [7, 11) is 1.59. The second-order valence-corrected chi connectivity index (χ2v) is 6.68. The van der Waals surface area contributed by atoms with Crippen molar-refractivity contribution in [3.8, 4) is 11.5 Å². The molecule has 1 N–H and O–H groups in total. The minimum absolute atomic E-state index is 0.164. The fourth-order valence-corrected chi connectivity index (χ4v) is 3.16. The van der Waals surface area contributed by atoms with E-state index in [2.05, 4.69) is 23.8 Å². The molecule has 132 valence electrons. The maximum atomic E-state index is 12.5. The van der Waals surface area contributed by atoms with Crippen molar-refractivity contribution >= 4 is 21.7 Å². The van der Waals surface area contributed by atoms with Crippen LogP contribution >= 0.6 is 0 Å². The summed E-state index contributed by atoms with van der Waals surface area (Å²) in [4.78, 5) is 19.7. The number of rotatable bonds is 6. The molecular weight excluding hydrogens is 316 g/mol. The van der Waals surface area contributed by atoms with E-state index < -0.39 is 0 Å². The summed E-state index contributed by atoms with van der Waals surface area (Å²) < 4.78 is 11.5. The molecule has 25 heavy (non-hydrogen) atoms. The van der Waals surface area contributed by atoms with E-state index in [0.717, 1.165) is 23.6 Å². The molecule has 0 bridgehead atoms. The summed E-state index contributed by atoms with van der Waals surface area (Å²) in [6.45, 7) is 6.86. The van der Waals surface area contributed by atoms with Crippen LogP contribution in [0.4, 0.5) is 0 Å². The normalized spacial score (nSPS) is 11.4. The van der Waals surface area contributed by atoms with Gasteiger partial charge in [-0.1, -0.05) is 13.8 Å². The number of fused-ring (bicyclic) bond motifs is 3. The SMILES string of the molecule is COc1c(OCCCC(C)C)ccc2c1[nH]c(=O)c1c(C)nccc12. The molecule has 1 aromatic carbocycles. The molecule has 2 heterocycles. The smallest absolute Gasteiger partial charge is 0.258 e. The van der Waals surface area contributed by atoms with Gasteiger partial charge >= 0.3 is 0 Å². The molecule has 3 rings (SSSR count). The molecule has 0 radical (unpaired) electrons. The Bertz CT molecular complexity index is 960. The molecule has 0 saturated carbocycles. The van der Waals surface area contributed by atoms with E-state index in [1.165, 1.54) is 0 Å². The first-order valence-electron chi connectivity index (χ1n) is 8.64. The third kappa shape index (κ3) is 3.31. The molecule has 5 nitrogen and oxygen atoms in total. The zero-order chi connectivity index (χ0) is 18.0.